The minimum absolute atomic E-state index is 0.308. The standard InChI is InChI=1S/C12H20N4O.C2H6/c1-9-5-6-16(15-9)10(8-13)7-11(14)17-12(2,3)4;1-2/h5-8H,13-14H2,1-4H3;1-2H3/b10-8+,11-7+;. The maximum atomic E-state index is 5.78. The van der Waals surface area contributed by atoms with Crippen molar-refractivity contribution in [2.24, 2.45) is 11.5 Å². The van der Waals surface area contributed by atoms with Crippen LogP contribution in [0.3, 0.4) is 0 Å². The quantitative estimate of drug-likeness (QED) is 0.651. The minimum Gasteiger partial charge on any atom is -0.474 e. The molecular formula is C14H26N4O. The Bertz CT molecular complexity index is 439. The minimum atomic E-state index is -0.333. The first-order valence-corrected chi connectivity index (χ1v) is 6.42. The van der Waals surface area contributed by atoms with Gasteiger partial charge in [0.25, 0.3) is 0 Å². The van der Waals surface area contributed by atoms with E-state index in [9.17, 15) is 0 Å². The number of aryl methyl sites for hydroxylation is 1. The van der Waals surface area contributed by atoms with Crippen molar-refractivity contribution in [3.8, 4) is 0 Å². The van der Waals surface area contributed by atoms with Crippen LogP contribution in [0.15, 0.2) is 30.4 Å². The number of hydrogen-bond donors (Lipinski definition) is 2. The molecule has 0 atom stereocenters. The van der Waals surface area contributed by atoms with E-state index in [2.05, 4.69) is 5.10 Å². The molecule has 5 heteroatoms. The zero-order valence-electron chi connectivity index (χ0n) is 12.8. The lowest BCUT2D eigenvalue weighted by Gasteiger charge is -2.21. The molecule has 1 aromatic rings. The van der Waals surface area contributed by atoms with Gasteiger partial charge in [-0.25, -0.2) is 4.68 Å². The van der Waals surface area contributed by atoms with E-state index in [-0.39, 0.29) is 5.60 Å². The van der Waals surface area contributed by atoms with Gasteiger partial charge in [-0.3, -0.25) is 0 Å². The normalized spacial score (nSPS) is 12.7. The van der Waals surface area contributed by atoms with Gasteiger partial charge in [0, 0.05) is 18.5 Å². The number of hydrogen-bond acceptors (Lipinski definition) is 4. The molecule has 0 bridgehead atoms. The van der Waals surface area contributed by atoms with Gasteiger partial charge in [0.15, 0.2) is 5.88 Å². The molecule has 4 N–H and O–H groups in total. The van der Waals surface area contributed by atoms with Crippen molar-refractivity contribution in [2.75, 3.05) is 0 Å². The molecule has 0 saturated carbocycles. The van der Waals surface area contributed by atoms with Gasteiger partial charge >= 0.3 is 0 Å². The van der Waals surface area contributed by atoms with Crippen molar-refractivity contribution < 1.29 is 4.74 Å². The maximum absolute atomic E-state index is 5.78. The van der Waals surface area contributed by atoms with E-state index in [1.54, 1.807) is 10.8 Å². The second-order valence-corrected chi connectivity index (χ2v) is 4.75. The summed E-state index contributed by atoms with van der Waals surface area (Å²) in [5.74, 6) is 0.308. The van der Waals surface area contributed by atoms with Crippen LogP contribution >= 0.6 is 0 Å². The van der Waals surface area contributed by atoms with E-state index in [1.165, 1.54) is 6.20 Å². The molecule has 0 aliphatic heterocycles. The van der Waals surface area contributed by atoms with Gasteiger partial charge in [0.05, 0.1) is 11.4 Å². The summed E-state index contributed by atoms with van der Waals surface area (Å²) in [5, 5.41) is 4.24. The predicted molar refractivity (Wildman–Crippen MR) is 79.9 cm³/mol. The summed E-state index contributed by atoms with van der Waals surface area (Å²) in [6, 6.07) is 1.89. The molecule has 19 heavy (non-hydrogen) atoms. The molecule has 0 fully saturated rings. The van der Waals surface area contributed by atoms with Gasteiger partial charge in [-0.15, -0.1) is 0 Å². The molecule has 1 aromatic heterocycles. The fraction of sp³-hybridized carbons (Fsp3) is 0.500. The van der Waals surface area contributed by atoms with Crippen LogP contribution in [0.25, 0.3) is 5.70 Å². The number of rotatable bonds is 3. The average Bonchev–Trinajstić information content (AvgIpc) is 2.73. The van der Waals surface area contributed by atoms with Gasteiger partial charge in [-0.1, -0.05) is 13.8 Å². The van der Waals surface area contributed by atoms with E-state index < -0.39 is 0 Å². The highest BCUT2D eigenvalue weighted by molar-refractivity contribution is 5.56. The van der Waals surface area contributed by atoms with Crippen LogP contribution in [0.5, 0.6) is 0 Å². The molecule has 1 heterocycles. The molecule has 0 aliphatic carbocycles. The van der Waals surface area contributed by atoms with Crippen molar-refractivity contribution in [1.82, 2.24) is 9.78 Å². The van der Waals surface area contributed by atoms with Crippen molar-refractivity contribution in [1.29, 1.82) is 0 Å². The summed E-state index contributed by atoms with van der Waals surface area (Å²) in [5.41, 5.74) is 12.6. The molecule has 0 aromatic carbocycles. The summed E-state index contributed by atoms with van der Waals surface area (Å²) < 4.78 is 7.15. The van der Waals surface area contributed by atoms with Crippen LogP contribution in [0.2, 0.25) is 0 Å². The summed E-state index contributed by atoms with van der Waals surface area (Å²) in [6.07, 6.45) is 4.90. The molecule has 0 spiro atoms. The monoisotopic (exact) mass is 266 g/mol. The molecule has 0 amide bonds. The van der Waals surface area contributed by atoms with Gasteiger partial charge in [-0.05, 0) is 33.8 Å². The Morgan fingerprint density at radius 1 is 1.37 bits per heavy atom. The van der Waals surface area contributed by atoms with E-state index in [1.807, 2.05) is 53.8 Å². The fourth-order valence-electron chi connectivity index (χ4n) is 1.28. The summed E-state index contributed by atoms with van der Waals surface area (Å²) in [6.45, 7) is 11.7. The Balaban J connectivity index is 0.00000154. The van der Waals surface area contributed by atoms with E-state index >= 15 is 0 Å². The van der Waals surface area contributed by atoms with E-state index in [4.69, 9.17) is 16.2 Å². The predicted octanol–water partition coefficient (Wildman–Crippen LogP) is 2.59. The summed E-state index contributed by atoms with van der Waals surface area (Å²) in [7, 11) is 0. The molecule has 0 aliphatic rings. The van der Waals surface area contributed by atoms with Gasteiger partial charge in [0.1, 0.15) is 5.60 Å². The Morgan fingerprint density at radius 2 is 1.95 bits per heavy atom. The van der Waals surface area contributed by atoms with Crippen LogP contribution < -0.4 is 11.5 Å². The third-order valence-corrected chi connectivity index (χ3v) is 1.87. The largest absolute Gasteiger partial charge is 0.474 e. The molecule has 108 valence electrons. The molecule has 1 rings (SSSR count). The number of nitrogens with two attached hydrogens (primary N) is 2. The average molecular weight is 266 g/mol. The first-order valence-electron chi connectivity index (χ1n) is 6.42. The molecule has 0 radical (unpaired) electrons. The first-order chi connectivity index (χ1) is 8.81. The summed E-state index contributed by atoms with van der Waals surface area (Å²) >= 11 is 0. The smallest absolute Gasteiger partial charge is 0.186 e. The Hall–Kier alpha value is -1.91. The van der Waals surface area contributed by atoms with Gasteiger partial charge < -0.3 is 16.2 Å². The van der Waals surface area contributed by atoms with Crippen molar-refractivity contribution >= 4 is 5.70 Å². The summed E-state index contributed by atoms with van der Waals surface area (Å²) in [4.78, 5) is 0. The van der Waals surface area contributed by atoms with Gasteiger partial charge in [-0.2, -0.15) is 5.10 Å². The lowest BCUT2D eigenvalue weighted by atomic mass is 10.2. The third kappa shape index (κ3) is 6.55. The number of aromatic nitrogens is 2. The lowest BCUT2D eigenvalue weighted by molar-refractivity contribution is 0.0507. The molecular weight excluding hydrogens is 240 g/mol. The highest BCUT2D eigenvalue weighted by Crippen LogP contribution is 2.13. The maximum Gasteiger partial charge on any atom is 0.186 e. The lowest BCUT2D eigenvalue weighted by Crippen LogP contribution is -2.22. The first kappa shape index (κ1) is 17.1. The van der Waals surface area contributed by atoms with E-state index in [0.717, 1.165) is 5.69 Å². The molecule has 0 unspecified atom stereocenters. The van der Waals surface area contributed by atoms with Crippen LogP contribution in [-0.2, 0) is 4.74 Å². The topological polar surface area (TPSA) is 79.1 Å². The SMILES string of the molecule is CC.Cc1ccn(C(/C=C(\N)OC(C)(C)C)=C/N)n1. The highest BCUT2D eigenvalue weighted by atomic mass is 16.5. The third-order valence-electron chi connectivity index (χ3n) is 1.87. The molecule has 0 saturated heterocycles. The Kier molecular flexibility index (Phi) is 6.75. The molecule has 5 nitrogen and oxygen atoms in total. The number of nitrogens with zero attached hydrogens (tertiary/aromatic N) is 2. The van der Waals surface area contributed by atoms with Crippen molar-refractivity contribution in [3.63, 3.8) is 0 Å². The number of allylic oxidation sites excluding steroid dienone is 2. The van der Waals surface area contributed by atoms with Crippen LogP contribution in [0.4, 0.5) is 0 Å². The van der Waals surface area contributed by atoms with Crippen molar-refractivity contribution in [2.45, 2.75) is 47.1 Å². The zero-order valence-corrected chi connectivity index (χ0v) is 12.8. The second kappa shape index (κ2) is 7.51. The Morgan fingerprint density at radius 3 is 2.32 bits per heavy atom. The van der Waals surface area contributed by atoms with Crippen molar-refractivity contribution in [3.05, 3.63) is 36.1 Å². The highest BCUT2D eigenvalue weighted by Gasteiger charge is 2.12. The van der Waals surface area contributed by atoms with Gasteiger partial charge in [0.2, 0.25) is 0 Å². The second-order valence-electron chi connectivity index (χ2n) is 4.75. The fourth-order valence-corrected chi connectivity index (χ4v) is 1.28. The number of ether oxygens (including phenoxy) is 1. The van der Waals surface area contributed by atoms with Crippen LogP contribution in [-0.4, -0.2) is 15.4 Å². The van der Waals surface area contributed by atoms with Crippen LogP contribution in [0, 0.1) is 6.92 Å². The zero-order chi connectivity index (χ0) is 15.1. The Labute approximate surface area is 115 Å². The van der Waals surface area contributed by atoms with Crippen LogP contribution in [0.1, 0.15) is 40.3 Å². The van der Waals surface area contributed by atoms with E-state index in [0.29, 0.717) is 11.6 Å².